The van der Waals surface area contributed by atoms with Crippen LogP contribution in [0.1, 0.15) is 43.2 Å². The fourth-order valence-corrected chi connectivity index (χ4v) is 8.64. The van der Waals surface area contributed by atoms with Crippen LogP contribution < -0.4 is 0 Å². The first-order chi connectivity index (χ1) is 15.1. The van der Waals surface area contributed by atoms with Gasteiger partial charge in [-0.05, 0) is 24.5 Å². The van der Waals surface area contributed by atoms with Crippen LogP contribution in [0.4, 0.5) is 10.0 Å². The van der Waals surface area contributed by atoms with Crippen molar-refractivity contribution >= 4 is 65.0 Å². The second-order valence-corrected chi connectivity index (χ2v) is 10.5. The van der Waals surface area contributed by atoms with Crippen LogP contribution in [0.5, 0.6) is 0 Å². The third kappa shape index (κ3) is 2.91. The molecule has 0 radical (unpaired) electrons. The Morgan fingerprint density at radius 2 is 1.68 bits per heavy atom. The average Bonchev–Trinajstić information content (AvgIpc) is 3.51. The van der Waals surface area contributed by atoms with Gasteiger partial charge < -0.3 is 4.85 Å². The minimum absolute atomic E-state index is 0.0739. The Bertz CT molecular complexity index is 1430. The SMILES string of the molecule is [C-]#[N+]C(C#N)=Nc1cc2c(s1)-c1sc3cc(N=C(C#N)C#N)sc3c1C21CCCCC1. The minimum atomic E-state index is -0.140. The molecule has 3 aromatic rings. The Kier molecular flexibility index (Phi) is 4.69. The van der Waals surface area contributed by atoms with Crippen LogP contribution in [0, 0.1) is 40.6 Å². The summed E-state index contributed by atoms with van der Waals surface area (Å²) in [5.41, 5.74) is 2.42. The van der Waals surface area contributed by atoms with Crippen molar-refractivity contribution in [2.75, 3.05) is 0 Å². The average molecular weight is 457 g/mol. The van der Waals surface area contributed by atoms with E-state index in [1.54, 1.807) is 34.0 Å². The quantitative estimate of drug-likeness (QED) is 0.239. The highest BCUT2D eigenvalue weighted by Crippen LogP contribution is 2.64. The summed E-state index contributed by atoms with van der Waals surface area (Å²) in [7, 11) is 0. The summed E-state index contributed by atoms with van der Waals surface area (Å²) in [4.78, 5) is 14.1. The Morgan fingerprint density at radius 3 is 2.35 bits per heavy atom. The van der Waals surface area contributed by atoms with Gasteiger partial charge in [0, 0.05) is 21.7 Å². The van der Waals surface area contributed by atoms with E-state index in [0.29, 0.717) is 10.0 Å². The van der Waals surface area contributed by atoms with Crippen LogP contribution in [0.3, 0.4) is 0 Å². The molecule has 3 heterocycles. The molecule has 1 fully saturated rings. The zero-order valence-electron chi connectivity index (χ0n) is 16.1. The van der Waals surface area contributed by atoms with E-state index in [0.717, 1.165) is 30.4 Å². The highest BCUT2D eigenvalue weighted by molar-refractivity contribution is 7.33. The summed E-state index contributed by atoms with van der Waals surface area (Å²) in [6.45, 7) is 7.11. The minimum Gasteiger partial charge on any atom is -0.351 e. The second kappa shape index (κ2) is 7.41. The number of amidine groups is 1. The molecule has 0 unspecified atom stereocenters. The number of hydrogen-bond donors (Lipinski definition) is 0. The number of nitriles is 3. The monoisotopic (exact) mass is 456 g/mol. The van der Waals surface area contributed by atoms with Gasteiger partial charge in [-0.15, -0.1) is 22.7 Å². The molecule has 148 valence electrons. The van der Waals surface area contributed by atoms with Gasteiger partial charge in [0.05, 0.1) is 14.5 Å². The first kappa shape index (κ1) is 19.6. The number of nitrogens with zero attached hydrogens (tertiary/aromatic N) is 6. The van der Waals surface area contributed by atoms with Crippen molar-refractivity contribution in [3.63, 3.8) is 0 Å². The lowest BCUT2D eigenvalue weighted by atomic mass is 9.68. The van der Waals surface area contributed by atoms with Crippen molar-refractivity contribution in [3.05, 3.63) is 34.7 Å². The van der Waals surface area contributed by atoms with E-state index in [9.17, 15) is 0 Å². The summed E-state index contributed by atoms with van der Waals surface area (Å²) < 4.78 is 2.32. The molecule has 2 aliphatic carbocycles. The maximum Gasteiger partial charge on any atom is 0.350 e. The lowest BCUT2D eigenvalue weighted by molar-refractivity contribution is 0.356. The van der Waals surface area contributed by atoms with Crippen LogP contribution in [0.15, 0.2) is 22.1 Å². The first-order valence-corrected chi connectivity index (χ1v) is 12.0. The van der Waals surface area contributed by atoms with E-state index in [1.807, 2.05) is 24.3 Å². The number of fused-ring (bicyclic) bond motifs is 7. The predicted molar refractivity (Wildman–Crippen MR) is 125 cm³/mol. The van der Waals surface area contributed by atoms with Crippen molar-refractivity contribution in [2.24, 2.45) is 9.98 Å². The molecule has 0 bridgehead atoms. The zero-order chi connectivity index (χ0) is 21.6. The van der Waals surface area contributed by atoms with Crippen LogP contribution in [-0.4, -0.2) is 11.5 Å². The smallest absolute Gasteiger partial charge is 0.350 e. The molecule has 0 aromatic carbocycles. The van der Waals surface area contributed by atoms with Crippen molar-refractivity contribution in [1.82, 2.24) is 0 Å². The molecule has 0 atom stereocenters. The normalized spacial score (nSPS) is 16.1. The maximum absolute atomic E-state index is 9.09. The van der Waals surface area contributed by atoms with E-state index in [1.165, 1.54) is 32.0 Å². The summed E-state index contributed by atoms with van der Waals surface area (Å²) in [5.74, 6) is -0.140. The summed E-state index contributed by atoms with van der Waals surface area (Å²) in [5, 5.41) is 28.6. The van der Waals surface area contributed by atoms with Crippen molar-refractivity contribution in [3.8, 4) is 28.0 Å². The highest BCUT2D eigenvalue weighted by atomic mass is 32.1. The third-order valence-corrected chi connectivity index (χ3v) is 9.34. The van der Waals surface area contributed by atoms with E-state index in [2.05, 4.69) is 20.9 Å². The van der Waals surface area contributed by atoms with Gasteiger partial charge in [0.1, 0.15) is 23.2 Å². The molecule has 0 amide bonds. The van der Waals surface area contributed by atoms with Gasteiger partial charge in [-0.25, -0.2) is 10.3 Å². The largest absolute Gasteiger partial charge is 0.351 e. The Balaban J connectivity index is 1.71. The fraction of sp³-hybridized carbons (Fsp3) is 0.273. The lowest BCUT2D eigenvalue weighted by Gasteiger charge is -2.34. The second-order valence-electron chi connectivity index (χ2n) is 7.40. The molecule has 9 heteroatoms. The molecule has 0 saturated heterocycles. The van der Waals surface area contributed by atoms with Gasteiger partial charge in [0.15, 0.2) is 0 Å². The van der Waals surface area contributed by atoms with Crippen molar-refractivity contribution in [2.45, 2.75) is 37.5 Å². The van der Waals surface area contributed by atoms with E-state index >= 15 is 0 Å². The lowest BCUT2D eigenvalue weighted by Crippen LogP contribution is -2.27. The first-order valence-electron chi connectivity index (χ1n) is 9.60. The van der Waals surface area contributed by atoms with E-state index in [4.69, 9.17) is 22.4 Å². The van der Waals surface area contributed by atoms with E-state index in [-0.39, 0.29) is 17.0 Å². The maximum atomic E-state index is 9.09. The number of aliphatic imine (C=N–C) groups is 2. The fourth-order valence-electron chi connectivity index (χ4n) is 4.66. The number of hydrogen-bond acceptors (Lipinski definition) is 8. The highest BCUT2D eigenvalue weighted by Gasteiger charge is 2.48. The van der Waals surface area contributed by atoms with Crippen LogP contribution in [-0.2, 0) is 5.41 Å². The number of thiophene rings is 3. The van der Waals surface area contributed by atoms with Crippen LogP contribution >= 0.6 is 34.0 Å². The molecule has 1 saturated carbocycles. The van der Waals surface area contributed by atoms with Gasteiger partial charge in [0.2, 0.25) is 10.7 Å². The Morgan fingerprint density at radius 1 is 0.935 bits per heavy atom. The van der Waals surface area contributed by atoms with Crippen molar-refractivity contribution < 1.29 is 0 Å². The molecule has 3 aromatic heterocycles. The summed E-state index contributed by atoms with van der Waals surface area (Å²) in [6.07, 6.45) is 5.65. The van der Waals surface area contributed by atoms with Gasteiger partial charge in [-0.1, -0.05) is 42.2 Å². The standard InChI is InChI=1S/C22H12N6S3/c1-26-15(11-25)28-16-7-13-19(30-16)21-18(22(13)5-3-2-4-6-22)20-14(29-21)8-17(31-20)27-12(9-23)10-24/h7-8H,2-6H2. The Labute approximate surface area is 190 Å². The van der Waals surface area contributed by atoms with E-state index < -0.39 is 0 Å². The topological polar surface area (TPSA) is 100 Å². The molecule has 31 heavy (non-hydrogen) atoms. The molecule has 5 rings (SSSR count). The predicted octanol–water partition coefficient (Wildman–Crippen LogP) is 6.85. The molecular weight excluding hydrogens is 444 g/mol. The van der Waals surface area contributed by atoms with Gasteiger partial charge in [-0.2, -0.15) is 10.5 Å². The summed E-state index contributed by atoms with van der Waals surface area (Å²) >= 11 is 4.81. The molecule has 2 aliphatic rings. The zero-order valence-corrected chi connectivity index (χ0v) is 18.5. The van der Waals surface area contributed by atoms with Crippen LogP contribution in [0.25, 0.3) is 24.0 Å². The third-order valence-electron chi connectivity index (χ3n) is 5.83. The van der Waals surface area contributed by atoms with Crippen LogP contribution in [0.2, 0.25) is 0 Å². The van der Waals surface area contributed by atoms with Gasteiger partial charge in [0.25, 0.3) is 0 Å². The molecule has 6 nitrogen and oxygen atoms in total. The molecule has 1 spiro atoms. The molecule has 0 aliphatic heterocycles. The van der Waals surface area contributed by atoms with Crippen molar-refractivity contribution in [1.29, 1.82) is 15.8 Å². The Hall–Kier alpha value is -3.34. The molecular formula is C22H12N6S3. The van der Waals surface area contributed by atoms with Gasteiger partial charge in [-0.3, -0.25) is 0 Å². The van der Waals surface area contributed by atoms with Gasteiger partial charge >= 0.3 is 5.84 Å². The number of rotatable bonds is 2. The molecule has 0 N–H and O–H groups in total. The summed E-state index contributed by atoms with van der Waals surface area (Å²) in [6, 6.07) is 9.55.